The first-order chi connectivity index (χ1) is 16.1. The highest BCUT2D eigenvalue weighted by Crippen LogP contribution is 2.23. The SMILES string of the molecule is Cc1cccc(NC(=O)Nc2cccc(CNc3cc(N4CCCC(CO)C4)ncn3)c2)c1. The average molecular weight is 447 g/mol. The van der Waals surface area contributed by atoms with E-state index in [0.717, 1.165) is 54.4 Å². The summed E-state index contributed by atoms with van der Waals surface area (Å²) >= 11 is 0. The van der Waals surface area contributed by atoms with Crippen LogP contribution in [0.1, 0.15) is 24.0 Å². The monoisotopic (exact) mass is 446 g/mol. The van der Waals surface area contributed by atoms with Crippen LogP contribution in [-0.2, 0) is 6.54 Å². The zero-order chi connectivity index (χ0) is 23.0. The van der Waals surface area contributed by atoms with Gasteiger partial charge in [-0.25, -0.2) is 14.8 Å². The quantitative estimate of drug-likeness (QED) is 0.433. The number of rotatable bonds is 7. The lowest BCUT2D eigenvalue weighted by Crippen LogP contribution is -2.37. The van der Waals surface area contributed by atoms with Gasteiger partial charge >= 0.3 is 6.03 Å². The molecule has 8 nitrogen and oxygen atoms in total. The molecular weight excluding hydrogens is 416 g/mol. The van der Waals surface area contributed by atoms with Crippen molar-refractivity contribution in [1.82, 2.24) is 9.97 Å². The summed E-state index contributed by atoms with van der Waals surface area (Å²) in [5, 5.41) is 18.5. The zero-order valence-corrected chi connectivity index (χ0v) is 18.8. The first kappa shape index (κ1) is 22.5. The van der Waals surface area contributed by atoms with Crippen molar-refractivity contribution in [3.63, 3.8) is 0 Å². The number of aromatic nitrogens is 2. The number of piperidine rings is 1. The Bertz CT molecular complexity index is 1090. The lowest BCUT2D eigenvalue weighted by molar-refractivity contribution is 0.208. The first-order valence-electron chi connectivity index (χ1n) is 11.2. The fraction of sp³-hybridized carbons (Fsp3) is 0.320. The Morgan fingerprint density at radius 2 is 1.88 bits per heavy atom. The van der Waals surface area contributed by atoms with Crippen LogP contribution >= 0.6 is 0 Å². The van der Waals surface area contributed by atoms with Gasteiger partial charge in [-0.15, -0.1) is 0 Å². The van der Waals surface area contributed by atoms with Crippen LogP contribution in [0.15, 0.2) is 60.9 Å². The van der Waals surface area contributed by atoms with Crippen molar-refractivity contribution >= 4 is 29.0 Å². The van der Waals surface area contributed by atoms with Gasteiger partial charge in [0.25, 0.3) is 0 Å². The molecule has 33 heavy (non-hydrogen) atoms. The van der Waals surface area contributed by atoms with Gasteiger partial charge in [0.2, 0.25) is 0 Å². The summed E-state index contributed by atoms with van der Waals surface area (Å²) < 4.78 is 0. The molecule has 4 N–H and O–H groups in total. The number of aliphatic hydroxyl groups is 1. The van der Waals surface area contributed by atoms with Crippen molar-refractivity contribution < 1.29 is 9.90 Å². The number of hydrogen-bond acceptors (Lipinski definition) is 6. The molecule has 1 aromatic heterocycles. The van der Waals surface area contributed by atoms with Crippen molar-refractivity contribution in [2.24, 2.45) is 5.92 Å². The molecule has 8 heteroatoms. The van der Waals surface area contributed by atoms with Crippen molar-refractivity contribution in [2.75, 3.05) is 40.5 Å². The highest BCUT2D eigenvalue weighted by atomic mass is 16.3. The van der Waals surface area contributed by atoms with Gasteiger partial charge in [-0.05, 0) is 61.1 Å². The van der Waals surface area contributed by atoms with Crippen LogP contribution < -0.4 is 20.9 Å². The minimum atomic E-state index is -0.283. The van der Waals surface area contributed by atoms with Crippen LogP contribution in [0, 0.1) is 12.8 Å². The lowest BCUT2D eigenvalue weighted by Gasteiger charge is -2.32. The fourth-order valence-electron chi connectivity index (χ4n) is 4.01. The Morgan fingerprint density at radius 3 is 2.67 bits per heavy atom. The van der Waals surface area contributed by atoms with Gasteiger partial charge in [0.15, 0.2) is 0 Å². The Balaban J connectivity index is 1.34. The number of urea groups is 1. The van der Waals surface area contributed by atoms with Crippen LogP contribution in [0.25, 0.3) is 0 Å². The Kier molecular flexibility index (Phi) is 7.36. The second-order valence-corrected chi connectivity index (χ2v) is 8.40. The van der Waals surface area contributed by atoms with Gasteiger partial charge in [-0.2, -0.15) is 0 Å². The third-order valence-electron chi connectivity index (χ3n) is 5.69. The van der Waals surface area contributed by atoms with E-state index in [1.807, 2.05) is 61.5 Å². The summed E-state index contributed by atoms with van der Waals surface area (Å²) in [4.78, 5) is 23.3. The molecule has 2 heterocycles. The van der Waals surface area contributed by atoms with Crippen LogP contribution in [-0.4, -0.2) is 40.8 Å². The van der Waals surface area contributed by atoms with E-state index >= 15 is 0 Å². The summed E-state index contributed by atoms with van der Waals surface area (Å²) in [7, 11) is 0. The predicted molar refractivity (Wildman–Crippen MR) is 132 cm³/mol. The molecule has 1 atom stereocenters. The van der Waals surface area contributed by atoms with E-state index in [0.29, 0.717) is 18.2 Å². The molecule has 1 fully saturated rings. The maximum Gasteiger partial charge on any atom is 0.323 e. The van der Waals surface area contributed by atoms with E-state index in [-0.39, 0.29) is 12.6 Å². The Hall–Kier alpha value is -3.65. The van der Waals surface area contributed by atoms with Gasteiger partial charge in [0.1, 0.15) is 18.0 Å². The number of anilines is 4. The topological polar surface area (TPSA) is 102 Å². The average Bonchev–Trinajstić information content (AvgIpc) is 2.83. The van der Waals surface area contributed by atoms with Gasteiger partial charge in [0, 0.05) is 43.7 Å². The molecular formula is C25H30N6O2. The number of hydrogen-bond donors (Lipinski definition) is 4. The molecule has 0 saturated carbocycles. The zero-order valence-electron chi connectivity index (χ0n) is 18.8. The smallest absolute Gasteiger partial charge is 0.323 e. The van der Waals surface area contributed by atoms with E-state index in [1.165, 1.54) is 0 Å². The molecule has 1 aliphatic heterocycles. The highest BCUT2D eigenvalue weighted by Gasteiger charge is 2.20. The molecule has 3 aromatic rings. The van der Waals surface area contributed by atoms with Crippen LogP contribution in [0.4, 0.5) is 27.8 Å². The summed E-state index contributed by atoms with van der Waals surface area (Å²) in [6.45, 7) is 4.50. The molecule has 4 rings (SSSR count). The summed E-state index contributed by atoms with van der Waals surface area (Å²) in [5.74, 6) is 1.90. The third-order valence-corrected chi connectivity index (χ3v) is 5.69. The maximum atomic E-state index is 12.3. The standard InChI is InChI=1S/C25H30N6O2/c1-18-5-2-8-21(11-18)29-25(33)30-22-9-3-6-19(12-22)14-26-23-13-24(28-17-27-23)31-10-4-7-20(15-31)16-32/h2-3,5-6,8-9,11-13,17,20,32H,4,7,10,14-16H2,1H3,(H,26,27,28)(H2,29,30,33). The maximum absolute atomic E-state index is 12.3. The van der Waals surface area contributed by atoms with Crippen molar-refractivity contribution in [2.45, 2.75) is 26.3 Å². The molecule has 1 unspecified atom stereocenters. The van der Waals surface area contributed by atoms with E-state index in [1.54, 1.807) is 6.33 Å². The molecule has 172 valence electrons. The summed E-state index contributed by atoms with van der Waals surface area (Å²) in [5.41, 5.74) is 3.57. The Labute approximate surface area is 194 Å². The number of aliphatic hydroxyl groups excluding tert-OH is 1. The summed E-state index contributed by atoms with van der Waals surface area (Å²) in [6.07, 6.45) is 3.67. The molecule has 0 spiro atoms. The van der Waals surface area contributed by atoms with Gasteiger partial charge in [-0.1, -0.05) is 24.3 Å². The van der Waals surface area contributed by atoms with E-state index < -0.39 is 0 Å². The van der Waals surface area contributed by atoms with Crippen LogP contribution in [0.2, 0.25) is 0 Å². The number of nitrogens with zero attached hydrogens (tertiary/aromatic N) is 3. The van der Waals surface area contributed by atoms with Gasteiger partial charge < -0.3 is 26.0 Å². The number of benzene rings is 2. The van der Waals surface area contributed by atoms with E-state index in [2.05, 4.69) is 30.8 Å². The molecule has 1 aliphatic rings. The predicted octanol–water partition coefficient (Wildman–Crippen LogP) is 4.25. The molecule has 2 amide bonds. The van der Waals surface area contributed by atoms with Crippen molar-refractivity contribution in [1.29, 1.82) is 0 Å². The van der Waals surface area contributed by atoms with E-state index in [4.69, 9.17) is 0 Å². The molecule has 0 aliphatic carbocycles. The highest BCUT2D eigenvalue weighted by molar-refractivity contribution is 5.99. The number of carbonyl (C=O) groups is 1. The second kappa shape index (κ2) is 10.8. The molecule has 0 radical (unpaired) electrons. The van der Waals surface area contributed by atoms with Crippen molar-refractivity contribution in [3.05, 3.63) is 72.1 Å². The molecule has 2 aromatic carbocycles. The fourth-order valence-corrected chi connectivity index (χ4v) is 4.01. The Morgan fingerprint density at radius 1 is 1.09 bits per heavy atom. The van der Waals surface area contributed by atoms with Crippen LogP contribution in [0.3, 0.4) is 0 Å². The minimum Gasteiger partial charge on any atom is -0.396 e. The number of aryl methyl sites for hydroxylation is 1. The minimum absolute atomic E-state index is 0.208. The number of nitrogens with one attached hydrogen (secondary N) is 3. The van der Waals surface area contributed by atoms with Crippen LogP contribution in [0.5, 0.6) is 0 Å². The third kappa shape index (κ3) is 6.43. The molecule has 1 saturated heterocycles. The summed E-state index contributed by atoms with van der Waals surface area (Å²) in [6, 6.07) is 17.0. The largest absolute Gasteiger partial charge is 0.396 e. The lowest BCUT2D eigenvalue weighted by atomic mass is 9.99. The van der Waals surface area contributed by atoms with Crippen molar-refractivity contribution in [3.8, 4) is 0 Å². The first-order valence-corrected chi connectivity index (χ1v) is 11.2. The molecule has 0 bridgehead atoms. The van der Waals surface area contributed by atoms with Gasteiger partial charge in [0.05, 0.1) is 0 Å². The number of carbonyl (C=O) groups excluding carboxylic acids is 1. The normalized spacial score (nSPS) is 15.7. The van der Waals surface area contributed by atoms with Gasteiger partial charge in [-0.3, -0.25) is 0 Å². The van der Waals surface area contributed by atoms with E-state index in [9.17, 15) is 9.90 Å². The second-order valence-electron chi connectivity index (χ2n) is 8.40. The number of amides is 2.